The molecule has 1 unspecified atom stereocenters. The van der Waals surface area contributed by atoms with Gasteiger partial charge < -0.3 is 5.32 Å². The zero-order valence-corrected chi connectivity index (χ0v) is 17.4. The highest BCUT2D eigenvalue weighted by Gasteiger charge is 2.43. The molecule has 1 N–H and O–H groups in total. The van der Waals surface area contributed by atoms with Crippen LogP contribution in [0.5, 0.6) is 0 Å². The molecule has 1 fully saturated rings. The van der Waals surface area contributed by atoms with Crippen molar-refractivity contribution in [3.8, 4) is 0 Å². The van der Waals surface area contributed by atoms with Gasteiger partial charge in [0, 0.05) is 11.4 Å². The summed E-state index contributed by atoms with van der Waals surface area (Å²) in [5, 5.41) is 11.0. The number of carbonyl (C=O) groups is 3. The second-order valence-corrected chi connectivity index (χ2v) is 7.22. The smallest absolute Gasteiger partial charge is 0.325 e. The van der Waals surface area contributed by atoms with Crippen molar-refractivity contribution in [2.24, 2.45) is 10.2 Å². The number of hydrogen-bond donors (Lipinski definition) is 1. The normalized spacial score (nSPS) is 16.1. The number of rotatable bonds is 6. The lowest BCUT2D eigenvalue weighted by Gasteiger charge is -2.19. The number of benzene rings is 3. The Hall–Kier alpha value is -4.33. The lowest BCUT2D eigenvalue weighted by Crippen LogP contribution is -2.39. The Labute approximate surface area is 185 Å². The van der Waals surface area contributed by atoms with E-state index >= 15 is 0 Å². The van der Waals surface area contributed by atoms with E-state index in [1.807, 2.05) is 36.4 Å². The van der Waals surface area contributed by atoms with E-state index < -0.39 is 23.9 Å². The van der Waals surface area contributed by atoms with Crippen LogP contribution in [0, 0.1) is 0 Å². The SMILES string of the molecule is CC1C(=O)N(CC(=O)Nc2ccc(N=Nc3ccccc3)cc2)C(=O)N1c1ccccc1. The third-order valence-electron chi connectivity index (χ3n) is 4.97. The Morgan fingerprint density at radius 1 is 0.844 bits per heavy atom. The molecule has 8 heteroatoms. The largest absolute Gasteiger partial charge is 0.332 e. The van der Waals surface area contributed by atoms with Crippen LogP contribution in [0.3, 0.4) is 0 Å². The molecule has 1 saturated heterocycles. The van der Waals surface area contributed by atoms with Crippen molar-refractivity contribution in [1.82, 2.24) is 4.90 Å². The van der Waals surface area contributed by atoms with Crippen LogP contribution < -0.4 is 10.2 Å². The Balaban J connectivity index is 1.38. The van der Waals surface area contributed by atoms with Crippen molar-refractivity contribution in [1.29, 1.82) is 0 Å². The van der Waals surface area contributed by atoms with Crippen LogP contribution >= 0.6 is 0 Å². The molecular formula is C24H21N5O3. The molecular weight excluding hydrogens is 406 g/mol. The highest BCUT2D eigenvalue weighted by Crippen LogP contribution is 2.25. The number of nitrogens with zero attached hydrogens (tertiary/aromatic N) is 4. The standard InChI is InChI=1S/C24H21N5O3/c1-17-23(31)28(24(32)29(17)21-10-6-3-7-11-21)16-22(30)25-18-12-14-20(15-13-18)27-26-19-8-4-2-5-9-19/h2-15,17H,16H2,1H3,(H,25,30). The first kappa shape index (κ1) is 20.9. The number of carbonyl (C=O) groups excluding carboxylic acids is 3. The minimum absolute atomic E-state index is 0.360. The summed E-state index contributed by atoms with van der Waals surface area (Å²) in [6, 6.07) is 23.9. The van der Waals surface area contributed by atoms with E-state index in [1.165, 1.54) is 4.90 Å². The minimum atomic E-state index is -0.674. The third-order valence-corrected chi connectivity index (χ3v) is 4.97. The number of amides is 4. The van der Waals surface area contributed by atoms with Gasteiger partial charge in [-0.25, -0.2) is 4.79 Å². The molecule has 1 aliphatic rings. The summed E-state index contributed by atoms with van der Waals surface area (Å²) in [4.78, 5) is 40.2. The molecule has 160 valence electrons. The van der Waals surface area contributed by atoms with Crippen molar-refractivity contribution >= 4 is 40.6 Å². The van der Waals surface area contributed by atoms with Crippen molar-refractivity contribution in [2.75, 3.05) is 16.8 Å². The highest BCUT2D eigenvalue weighted by atomic mass is 16.2. The monoisotopic (exact) mass is 427 g/mol. The maximum Gasteiger partial charge on any atom is 0.332 e. The van der Waals surface area contributed by atoms with E-state index in [1.54, 1.807) is 55.5 Å². The summed E-state index contributed by atoms with van der Waals surface area (Å²) >= 11 is 0. The Morgan fingerprint density at radius 2 is 1.41 bits per heavy atom. The average Bonchev–Trinajstić information content (AvgIpc) is 3.03. The van der Waals surface area contributed by atoms with Gasteiger partial charge in [-0.05, 0) is 55.5 Å². The van der Waals surface area contributed by atoms with Crippen LogP contribution in [0.25, 0.3) is 0 Å². The summed E-state index contributed by atoms with van der Waals surface area (Å²) in [5.41, 5.74) is 2.51. The molecule has 1 aliphatic heterocycles. The van der Waals surface area contributed by atoms with Crippen molar-refractivity contribution < 1.29 is 14.4 Å². The van der Waals surface area contributed by atoms with E-state index in [0.717, 1.165) is 10.6 Å². The highest BCUT2D eigenvalue weighted by molar-refractivity contribution is 6.16. The maximum atomic E-state index is 12.8. The van der Waals surface area contributed by atoms with Gasteiger partial charge in [0.15, 0.2) is 0 Å². The number of nitrogens with one attached hydrogen (secondary N) is 1. The maximum absolute atomic E-state index is 12.8. The number of azo groups is 1. The molecule has 0 aromatic heterocycles. The molecule has 3 aromatic carbocycles. The Kier molecular flexibility index (Phi) is 6.03. The fourth-order valence-corrected chi connectivity index (χ4v) is 3.36. The van der Waals surface area contributed by atoms with E-state index in [-0.39, 0.29) is 6.54 Å². The van der Waals surface area contributed by atoms with Crippen LogP contribution in [0.15, 0.2) is 95.2 Å². The molecule has 0 aliphatic carbocycles. The minimum Gasteiger partial charge on any atom is -0.325 e. The molecule has 0 bridgehead atoms. The number of urea groups is 1. The number of hydrogen-bond acceptors (Lipinski definition) is 5. The Bertz CT molecular complexity index is 1150. The zero-order valence-electron chi connectivity index (χ0n) is 17.4. The lowest BCUT2D eigenvalue weighted by atomic mass is 10.2. The predicted octanol–water partition coefficient (Wildman–Crippen LogP) is 4.90. The first-order valence-corrected chi connectivity index (χ1v) is 10.1. The van der Waals surface area contributed by atoms with E-state index in [2.05, 4.69) is 15.5 Å². The zero-order chi connectivity index (χ0) is 22.5. The summed E-state index contributed by atoms with van der Waals surface area (Å²) in [7, 11) is 0. The molecule has 0 spiro atoms. The molecule has 0 saturated carbocycles. The van der Waals surface area contributed by atoms with Crippen LogP contribution in [-0.2, 0) is 9.59 Å². The van der Waals surface area contributed by atoms with E-state index in [9.17, 15) is 14.4 Å². The van der Waals surface area contributed by atoms with Crippen LogP contribution in [0.4, 0.5) is 27.5 Å². The van der Waals surface area contributed by atoms with Gasteiger partial charge in [-0.2, -0.15) is 10.2 Å². The second kappa shape index (κ2) is 9.22. The van der Waals surface area contributed by atoms with Crippen LogP contribution in [0.2, 0.25) is 0 Å². The second-order valence-electron chi connectivity index (χ2n) is 7.22. The molecule has 8 nitrogen and oxygen atoms in total. The van der Waals surface area contributed by atoms with Gasteiger partial charge in [0.05, 0.1) is 11.4 Å². The lowest BCUT2D eigenvalue weighted by molar-refractivity contribution is -0.130. The Morgan fingerprint density at radius 3 is 2.03 bits per heavy atom. The van der Waals surface area contributed by atoms with Gasteiger partial charge in [-0.15, -0.1) is 0 Å². The number of para-hydroxylation sites is 1. The molecule has 4 amide bonds. The number of anilines is 2. The number of imide groups is 1. The van der Waals surface area contributed by atoms with Gasteiger partial charge in [-0.1, -0.05) is 36.4 Å². The van der Waals surface area contributed by atoms with Gasteiger partial charge in [0.25, 0.3) is 5.91 Å². The van der Waals surface area contributed by atoms with Crippen molar-refractivity contribution in [3.05, 3.63) is 84.9 Å². The van der Waals surface area contributed by atoms with Crippen LogP contribution in [0.1, 0.15) is 6.92 Å². The molecule has 4 rings (SSSR count). The summed E-state index contributed by atoms with van der Waals surface area (Å²) in [5.74, 6) is -0.877. The molecule has 1 heterocycles. The fraction of sp³-hybridized carbons (Fsp3) is 0.125. The molecule has 1 atom stereocenters. The van der Waals surface area contributed by atoms with Gasteiger partial charge in [-0.3, -0.25) is 19.4 Å². The van der Waals surface area contributed by atoms with Gasteiger partial charge in [0.2, 0.25) is 5.91 Å². The first-order valence-electron chi connectivity index (χ1n) is 10.1. The van der Waals surface area contributed by atoms with E-state index in [4.69, 9.17) is 0 Å². The van der Waals surface area contributed by atoms with Crippen LogP contribution in [-0.4, -0.2) is 35.3 Å². The van der Waals surface area contributed by atoms with E-state index in [0.29, 0.717) is 17.1 Å². The third kappa shape index (κ3) is 4.54. The van der Waals surface area contributed by atoms with Gasteiger partial charge >= 0.3 is 6.03 Å². The predicted molar refractivity (Wildman–Crippen MR) is 121 cm³/mol. The average molecular weight is 427 g/mol. The molecule has 3 aromatic rings. The van der Waals surface area contributed by atoms with Crippen molar-refractivity contribution in [2.45, 2.75) is 13.0 Å². The molecule has 32 heavy (non-hydrogen) atoms. The fourth-order valence-electron chi connectivity index (χ4n) is 3.36. The van der Waals surface area contributed by atoms with Crippen molar-refractivity contribution in [3.63, 3.8) is 0 Å². The summed E-state index contributed by atoms with van der Waals surface area (Å²) in [6.45, 7) is 1.29. The van der Waals surface area contributed by atoms with Gasteiger partial charge in [0.1, 0.15) is 12.6 Å². The topological polar surface area (TPSA) is 94.4 Å². The summed E-state index contributed by atoms with van der Waals surface area (Å²) < 4.78 is 0. The first-order chi connectivity index (χ1) is 15.5. The summed E-state index contributed by atoms with van der Waals surface area (Å²) in [6.07, 6.45) is 0. The quantitative estimate of drug-likeness (QED) is 0.448. The molecule has 0 radical (unpaired) electrons.